The van der Waals surface area contributed by atoms with Crippen LogP contribution in [0.15, 0.2) is 36.8 Å². The van der Waals surface area contributed by atoms with Crippen LogP contribution in [-0.2, 0) is 13.1 Å². The molecule has 98 valence electrons. The molecule has 1 aromatic carbocycles. The summed E-state index contributed by atoms with van der Waals surface area (Å²) < 4.78 is 2.06. The van der Waals surface area contributed by atoms with Crippen LogP contribution in [0, 0.1) is 11.3 Å². The van der Waals surface area contributed by atoms with Crippen molar-refractivity contribution in [2.75, 3.05) is 6.54 Å². The Morgan fingerprint density at radius 2 is 2.11 bits per heavy atom. The second-order valence-corrected chi connectivity index (χ2v) is 4.52. The average Bonchev–Trinajstić information content (AvgIpc) is 2.88. The van der Waals surface area contributed by atoms with Gasteiger partial charge in [0.1, 0.15) is 0 Å². The van der Waals surface area contributed by atoms with E-state index in [0.29, 0.717) is 5.56 Å². The van der Waals surface area contributed by atoms with Crippen LogP contribution in [0.2, 0.25) is 0 Å². The number of aromatic nitrogens is 2. The summed E-state index contributed by atoms with van der Waals surface area (Å²) in [7, 11) is 0. The average molecular weight is 254 g/mol. The molecule has 0 amide bonds. The Balaban J connectivity index is 1.93. The summed E-state index contributed by atoms with van der Waals surface area (Å²) in [6.45, 7) is 4.76. The molecule has 0 aliphatic carbocycles. The molecule has 0 bridgehead atoms. The standard InChI is InChI=1S/C15H18N4/c1-2-7-17-9-15-11-19(12-18-15)10-14-5-3-13(8-16)4-6-14/h3-6,11-12,17H,2,7,9-10H2,1H3. The minimum atomic E-state index is 0.693. The van der Waals surface area contributed by atoms with Crippen LogP contribution in [0.5, 0.6) is 0 Å². The van der Waals surface area contributed by atoms with Crippen LogP contribution in [0.1, 0.15) is 30.2 Å². The summed E-state index contributed by atoms with van der Waals surface area (Å²) >= 11 is 0. The lowest BCUT2D eigenvalue weighted by Crippen LogP contribution is -2.13. The summed E-state index contributed by atoms with van der Waals surface area (Å²) in [6, 6.07) is 9.77. The van der Waals surface area contributed by atoms with E-state index in [-0.39, 0.29) is 0 Å². The van der Waals surface area contributed by atoms with Crippen molar-refractivity contribution in [2.45, 2.75) is 26.4 Å². The Morgan fingerprint density at radius 3 is 2.79 bits per heavy atom. The zero-order chi connectivity index (χ0) is 13.5. The van der Waals surface area contributed by atoms with E-state index in [1.165, 1.54) is 5.56 Å². The smallest absolute Gasteiger partial charge is 0.0991 e. The number of imidazole rings is 1. The van der Waals surface area contributed by atoms with Gasteiger partial charge in [-0.1, -0.05) is 19.1 Å². The van der Waals surface area contributed by atoms with Gasteiger partial charge in [-0.25, -0.2) is 4.98 Å². The molecule has 0 aliphatic heterocycles. The SMILES string of the molecule is CCCNCc1cn(Cc2ccc(C#N)cc2)cn1. The van der Waals surface area contributed by atoms with Gasteiger partial charge in [0.2, 0.25) is 0 Å². The van der Waals surface area contributed by atoms with Gasteiger partial charge in [-0.2, -0.15) is 5.26 Å². The summed E-state index contributed by atoms with van der Waals surface area (Å²) in [5.41, 5.74) is 2.92. The highest BCUT2D eigenvalue weighted by molar-refractivity contribution is 5.31. The van der Waals surface area contributed by atoms with E-state index in [1.807, 2.05) is 30.6 Å². The molecule has 19 heavy (non-hydrogen) atoms. The van der Waals surface area contributed by atoms with Crippen molar-refractivity contribution in [2.24, 2.45) is 0 Å². The Kier molecular flexibility index (Phi) is 4.71. The quantitative estimate of drug-likeness (QED) is 0.805. The monoisotopic (exact) mass is 254 g/mol. The molecule has 0 atom stereocenters. The highest BCUT2D eigenvalue weighted by Crippen LogP contribution is 2.06. The predicted molar refractivity (Wildman–Crippen MR) is 74.5 cm³/mol. The molecule has 0 saturated heterocycles. The topological polar surface area (TPSA) is 53.6 Å². The molecule has 0 fully saturated rings. The van der Waals surface area contributed by atoms with E-state index < -0.39 is 0 Å². The van der Waals surface area contributed by atoms with E-state index in [4.69, 9.17) is 5.26 Å². The highest BCUT2D eigenvalue weighted by atomic mass is 15.0. The summed E-state index contributed by atoms with van der Waals surface area (Å²) in [5, 5.41) is 12.1. The molecule has 0 unspecified atom stereocenters. The lowest BCUT2D eigenvalue weighted by molar-refractivity contribution is 0.665. The molecule has 0 aliphatic rings. The molecule has 0 radical (unpaired) electrons. The van der Waals surface area contributed by atoms with Crippen molar-refractivity contribution >= 4 is 0 Å². The van der Waals surface area contributed by atoms with Gasteiger partial charge in [0.15, 0.2) is 0 Å². The van der Waals surface area contributed by atoms with Crippen molar-refractivity contribution in [3.63, 3.8) is 0 Å². The fourth-order valence-electron chi connectivity index (χ4n) is 1.87. The van der Waals surface area contributed by atoms with Gasteiger partial charge >= 0.3 is 0 Å². The molecule has 2 aromatic rings. The fourth-order valence-corrected chi connectivity index (χ4v) is 1.87. The molecule has 1 aromatic heterocycles. The zero-order valence-electron chi connectivity index (χ0n) is 11.1. The Labute approximate surface area is 113 Å². The van der Waals surface area contributed by atoms with Crippen LogP contribution in [0.25, 0.3) is 0 Å². The van der Waals surface area contributed by atoms with E-state index in [2.05, 4.69) is 34.1 Å². The molecule has 4 heteroatoms. The second-order valence-electron chi connectivity index (χ2n) is 4.52. The van der Waals surface area contributed by atoms with E-state index in [9.17, 15) is 0 Å². The molecular weight excluding hydrogens is 236 g/mol. The molecule has 1 heterocycles. The Morgan fingerprint density at radius 1 is 1.32 bits per heavy atom. The van der Waals surface area contributed by atoms with Crippen LogP contribution in [-0.4, -0.2) is 16.1 Å². The molecule has 1 N–H and O–H groups in total. The number of rotatable bonds is 6. The van der Waals surface area contributed by atoms with E-state index >= 15 is 0 Å². The van der Waals surface area contributed by atoms with Gasteiger partial charge in [0.25, 0.3) is 0 Å². The number of nitriles is 1. The largest absolute Gasteiger partial charge is 0.333 e. The van der Waals surface area contributed by atoms with E-state index in [0.717, 1.165) is 31.7 Å². The van der Waals surface area contributed by atoms with Crippen LogP contribution in [0.3, 0.4) is 0 Å². The Hall–Kier alpha value is -2.12. The lowest BCUT2D eigenvalue weighted by atomic mass is 10.1. The first-order chi connectivity index (χ1) is 9.31. The maximum absolute atomic E-state index is 8.75. The molecule has 0 spiro atoms. The van der Waals surface area contributed by atoms with Crippen molar-refractivity contribution < 1.29 is 0 Å². The first-order valence-corrected chi connectivity index (χ1v) is 6.52. The maximum atomic E-state index is 8.75. The van der Waals surface area contributed by atoms with Crippen molar-refractivity contribution in [3.05, 3.63) is 53.6 Å². The third-order valence-corrected chi connectivity index (χ3v) is 2.87. The normalized spacial score (nSPS) is 10.3. The first kappa shape index (κ1) is 13.3. The van der Waals surface area contributed by atoms with Crippen molar-refractivity contribution in [1.82, 2.24) is 14.9 Å². The minimum Gasteiger partial charge on any atom is -0.333 e. The van der Waals surface area contributed by atoms with Gasteiger partial charge in [0.05, 0.1) is 23.7 Å². The minimum absolute atomic E-state index is 0.693. The predicted octanol–water partition coefficient (Wildman–Crippen LogP) is 2.30. The summed E-state index contributed by atoms with van der Waals surface area (Å²) in [4.78, 5) is 4.37. The van der Waals surface area contributed by atoms with Crippen LogP contribution >= 0.6 is 0 Å². The van der Waals surface area contributed by atoms with Gasteiger partial charge < -0.3 is 9.88 Å². The van der Waals surface area contributed by atoms with Crippen LogP contribution in [0.4, 0.5) is 0 Å². The van der Waals surface area contributed by atoms with Crippen LogP contribution < -0.4 is 5.32 Å². The molecule has 4 nitrogen and oxygen atoms in total. The highest BCUT2D eigenvalue weighted by Gasteiger charge is 2.00. The second kappa shape index (κ2) is 6.72. The van der Waals surface area contributed by atoms with Gasteiger partial charge in [0, 0.05) is 19.3 Å². The van der Waals surface area contributed by atoms with E-state index in [1.54, 1.807) is 0 Å². The number of hydrogen-bond donors (Lipinski definition) is 1. The Bertz CT molecular complexity index is 548. The van der Waals surface area contributed by atoms with Crippen molar-refractivity contribution in [1.29, 1.82) is 5.26 Å². The summed E-state index contributed by atoms with van der Waals surface area (Å²) in [6.07, 6.45) is 5.04. The molecular formula is C15H18N4. The first-order valence-electron chi connectivity index (χ1n) is 6.52. The zero-order valence-corrected chi connectivity index (χ0v) is 11.1. The fraction of sp³-hybridized carbons (Fsp3) is 0.333. The third-order valence-electron chi connectivity index (χ3n) is 2.87. The lowest BCUT2D eigenvalue weighted by Gasteiger charge is -2.02. The van der Waals surface area contributed by atoms with Gasteiger partial charge in [-0.3, -0.25) is 0 Å². The number of hydrogen-bond acceptors (Lipinski definition) is 3. The number of benzene rings is 1. The van der Waals surface area contributed by atoms with Gasteiger partial charge in [-0.05, 0) is 30.7 Å². The van der Waals surface area contributed by atoms with Gasteiger partial charge in [-0.15, -0.1) is 0 Å². The molecule has 0 saturated carbocycles. The summed E-state index contributed by atoms with van der Waals surface area (Å²) in [5.74, 6) is 0. The van der Waals surface area contributed by atoms with Crippen molar-refractivity contribution in [3.8, 4) is 6.07 Å². The number of nitrogens with zero attached hydrogens (tertiary/aromatic N) is 3. The number of nitrogens with one attached hydrogen (secondary N) is 1. The third kappa shape index (κ3) is 3.94. The molecule has 2 rings (SSSR count). The maximum Gasteiger partial charge on any atom is 0.0991 e.